The van der Waals surface area contributed by atoms with Crippen LogP contribution in [0.15, 0.2) is 53.7 Å². The van der Waals surface area contributed by atoms with Crippen LogP contribution in [0.4, 0.5) is 0 Å². The average Bonchev–Trinajstić information content (AvgIpc) is 2.15. The molecule has 0 heterocycles. The minimum Gasteiger partial charge on any atom is -0.272 e. The summed E-state index contributed by atoms with van der Waals surface area (Å²) in [5, 5.41) is 0. The Bertz CT molecular complexity index is 232. The first-order valence-corrected chi connectivity index (χ1v) is 4.74. The minimum atomic E-state index is 0.928. The van der Waals surface area contributed by atoms with E-state index in [2.05, 4.69) is 38.7 Å². The summed E-state index contributed by atoms with van der Waals surface area (Å²) < 4.78 is 0. The largest absolute Gasteiger partial charge is 0.272 e. The van der Waals surface area contributed by atoms with Crippen molar-refractivity contribution in [2.24, 2.45) is 4.99 Å². The van der Waals surface area contributed by atoms with E-state index in [9.17, 15) is 0 Å². The molecule has 0 aromatic rings. The third-order valence-corrected chi connectivity index (χ3v) is 1.26. The van der Waals surface area contributed by atoms with Gasteiger partial charge in [0.15, 0.2) is 0 Å². The predicted octanol–water partition coefficient (Wildman–Crippen LogP) is 4.31. The lowest BCUT2D eigenvalue weighted by Gasteiger charge is -1.95. The second-order valence-corrected chi connectivity index (χ2v) is 2.82. The van der Waals surface area contributed by atoms with E-state index in [1.807, 2.05) is 19.1 Å². The zero-order valence-electron chi connectivity index (χ0n) is 9.59. The van der Waals surface area contributed by atoms with E-state index in [1.54, 1.807) is 12.3 Å². The quantitative estimate of drug-likeness (QED) is 0.464. The van der Waals surface area contributed by atoms with Crippen molar-refractivity contribution in [3.05, 3.63) is 48.7 Å². The summed E-state index contributed by atoms with van der Waals surface area (Å²) in [5.41, 5.74) is 2.01. The van der Waals surface area contributed by atoms with Gasteiger partial charge >= 0.3 is 0 Å². The highest BCUT2D eigenvalue weighted by molar-refractivity contribution is 5.38. The predicted molar refractivity (Wildman–Crippen MR) is 67.7 cm³/mol. The van der Waals surface area contributed by atoms with E-state index >= 15 is 0 Å². The van der Waals surface area contributed by atoms with Crippen molar-refractivity contribution in [2.75, 3.05) is 0 Å². The monoisotopic (exact) mass is 191 g/mol. The van der Waals surface area contributed by atoms with Crippen molar-refractivity contribution in [3.8, 4) is 0 Å². The molecule has 0 rings (SSSR count). The molecular formula is C13H21N. The highest BCUT2D eigenvalue weighted by Gasteiger charge is 1.87. The fourth-order valence-electron chi connectivity index (χ4n) is 0.558. The molecule has 0 saturated heterocycles. The molecule has 0 unspecified atom stereocenters. The summed E-state index contributed by atoms with van der Waals surface area (Å²) in [4.78, 5) is 3.57. The third kappa shape index (κ3) is 10.6. The van der Waals surface area contributed by atoms with E-state index < -0.39 is 0 Å². The van der Waals surface area contributed by atoms with Crippen LogP contribution in [0, 0.1) is 0 Å². The lowest BCUT2D eigenvalue weighted by molar-refractivity contribution is 1.09. The van der Waals surface area contributed by atoms with Crippen LogP contribution in [-0.2, 0) is 0 Å². The van der Waals surface area contributed by atoms with Gasteiger partial charge in [0, 0.05) is 6.20 Å². The van der Waals surface area contributed by atoms with Crippen LogP contribution >= 0.6 is 0 Å². The first-order chi connectivity index (χ1) is 6.63. The van der Waals surface area contributed by atoms with E-state index in [1.165, 1.54) is 6.42 Å². The first-order valence-electron chi connectivity index (χ1n) is 4.74. The molecule has 0 spiro atoms. The van der Waals surface area contributed by atoms with Crippen LogP contribution in [0.25, 0.3) is 0 Å². The Balaban J connectivity index is 0. The van der Waals surface area contributed by atoms with Crippen molar-refractivity contribution in [2.45, 2.75) is 27.2 Å². The highest BCUT2D eigenvalue weighted by atomic mass is 14.6. The lowest BCUT2D eigenvalue weighted by Crippen LogP contribution is -1.76. The number of hydrogen-bond donors (Lipinski definition) is 0. The van der Waals surface area contributed by atoms with Crippen molar-refractivity contribution in [3.63, 3.8) is 0 Å². The van der Waals surface area contributed by atoms with Gasteiger partial charge in [0.2, 0.25) is 0 Å². The van der Waals surface area contributed by atoms with E-state index in [0.717, 1.165) is 11.1 Å². The highest BCUT2D eigenvalue weighted by Crippen LogP contribution is 2.07. The molecule has 0 aromatic carbocycles. The van der Waals surface area contributed by atoms with Gasteiger partial charge in [0.05, 0.1) is 0 Å². The van der Waals surface area contributed by atoms with E-state index in [0.29, 0.717) is 0 Å². The van der Waals surface area contributed by atoms with E-state index in [-0.39, 0.29) is 0 Å². The summed E-state index contributed by atoms with van der Waals surface area (Å²) in [6.07, 6.45) is 8.30. The minimum absolute atomic E-state index is 0.928. The van der Waals surface area contributed by atoms with Crippen LogP contribution < -0.4 is 0 Å². The van der Waals surface area contributed by atoms with Gasteiger partial charge < -0.3 is 0 Å². The summed E-state index contributed by atoms with van der Waals surface area (Å²) in [6, 6.07) is 0. The number of aliphatic imine (C=N–C) groups is 1. The standard InChI is InChI=1S/C10H13N.C3H8/c1-5-6-9(2)10(3)7-8-11-4;1-3-2/h5-8H,1,3-4H2,2H3;3H2,1-2H3/b8-7-,9-6+;. The molecular weight excluding hydrogens is 170 g/mol. The van der Waals surface area contributed by atoms with Crippen molar-refractivity contribution in [1.82, 2.24) is 0 Å². The Morgan fingerprint density at radius 2 is 1.86 bits per heavy atom. The zero-order chi connectivity index (χ0) is 11.4. The van der Waals surface area contributed by atoms with Gasteiger partial charge in [-0.3, -0.25) is 4.99 Å². The first kappa shape index (κ1) is 15.1. The molecule has 0 amide bonds. The van der Waals surface area contributed by atoms with Crippen LogP contribution in [-0.4, -0.2) is 6.72 Å². The summed E-state index contributed by atoms with van der Waals surface area (Å²) in [5.74, 6) is 0. The SMILES string of the molecule is C=C/C=C(\C)C(=C)/C=C\N=C.CCC. The second kappa shape index (κ2) is 11.6. The fourth-order valence-corrected chi connectivity index (χ4v) is 0.558. The maximum absolute atomic E-state index is 3.82. The number of nitrogens with zero attached hydrogens (tertiary/aromatic N) is 1. The number of allylic oxidation sites excluding steroid dienone is 5. The van der Waals surface area contributed by atoms with Gasteiger partial charge in [-0.05, 0) is 30.9 Å². The molecule has 0 aliphatic carbocycles. The van der Waals surface area contributed by atoms with Gasteiger partial charge in [-0.25, -0.2) is 0 Å². The van der Waals surface area contributed by atoms with Crippen LogP contribution in [0.1, 0.15) is 27.2 Å². The molecule has 78 valence electrons. The summed E-state index contributed by atoms with van der Waals surface area (Å²) in [6.45, 7) is 16.9. The molecule has 0 bridgehead atoms. The van der Waals surface area contributed by atoms with Gasteiger partial charge in [0.1, 0.15) is 0 Å². The molecule has 1 nitrogen and oxygen atoms in total. The van der Waals surface area contributed by atoms with Crippen molar-refractivity contribution < 1.29 is 0 Å². The second-order valence-electron chi connectivity index (χ2n) is 2.82. The van der Waals surface area contributed by atoms with Gasteiger partial charge in [-0.1, -0.05) is 45.6 Å². The molecule has 14 heavy (non-hydrogen) atoms. The Morgan fingerprint density at radius 3 is 2.21 bits per heavy atom. The molecule has 0 atom stereocenters. The summed E-state index contributed by atoms with van der Waals surface area (Å²) >= 11 is 0. The average molecular weight is 191 g/mol. The Kier molecular flexibility index (Phi) is 12.6. The molecule has 0 fully saturated rings. The van der Waals surface area contributed by atoms with Gasteiger partial charge in [0.25, 0.3) is 0 Å². The Hall–Kier alpha value is -1.37. The topological polar surface area (TPSA) is 12.4 Å². The Morgan fingerprint density at radius 1 is 1.36 bits per heavy atom. The molecule has 0 saturated carbocycles. The van der Waals surface area contributed by atoms with E-state index in [4.69, 9.17) is 0 Å². The maximum atomic E-state index is 3.82. The molecule has 1 heteroatoms. The van der Waals surface area contributed by atoms with Crippen LogP contribution in [0.5, 0.6) is 0 Å². The van der Waals surface area contributed by atoms with Crippen LogP contribution in [0.2, 0.25) is 0 Å². The van der Waals surface area contributed by atoms with Gasteiger partial charge in [-0.2, -0.15) is 0 Å². The smallest absolute Gasteiger partial charge is 0.0266 e. The molecule has 0 aromatic heterocycles. The molecule has 0 aliphatic heterocycles. The number of rotatable bonds is 4. The summed E-state index contributed by atoms with van der Waals surface area (Å²) in [7, 11) is 0. The number of hydrogen-bond acceptors (Lipinski definition) is 1. The van der Waals surface area contributed by atoms with Crippen molar-refractivity contribution >= 4 is 6.72 Å². The Labute approximate surface area is 88.3 Å². The lowest BCUT2D eigenvalue weighted by atomic mass is 10.1. The normalized spacial score (nSPS) is 10.4. The van der Waals surface area contributed by atoms with Crippen molar-refractivity contribution in [1.29, 1.82) is 0 Å². The fraction of sp³-hybridized carbons (Fsp3) is 0.308. The molecule has 0 radical (unpaired) electrons. The van der Waals surface area contributed by atoms with Gasteiger partial charge in [-0.15, -0.1) is 0 Å². The molecule has 0 aliphatic rings. The van der Waals surface area contributed by atoms with Crippen LogP contribution in [0.3, 0.4) is 0 Å². The third-order valence-electron chi connectivity index (χ3n) is 1.26. The maximum Gasteiger partial charge on any atom is 0.0266 e. The zero-order valence-corrected chi connectivity index (χ0v) is 9.59. The molecule has 0 N–H and O–H groups in total.